The van der Waals surface area contributed by atoms with Crippen molar-refractivity contribution in [1.82, 2.24) is 5.32 Å². The molecule has 0 radical (unpaired) electrons. The molecular weight excluding hydrogens is 376 g/mol. The summed E-state index contributed by atoms with van der Waals surface area (Å²) in [5.74, 6) is -1.93. The number of carbonyl (C=O) groups is 1. The van der Waals surface area contributed by atoms with Crippen LogP contribution in [0, 0.1) is 17.0 Å². The Balaban J connectivity index is 1.87. The Morgan fingerprint density at radius 3 is 2.59 bits per heavy atom. The summed E-state index contributed by atoms with van der Waals surface area (Å²) in [7, 11) is 0. The van der Waals surface area contributed by atoms with Crippen LogP contribution >= 0.6 is 0 Å². The van der Waals surface area contributed by atoms with E-state index in [1.54, 1.807) is 42.5 Å². The van der Waals surface area contributed by atoms with Gasteiger partial charge in [0.1, 0.15) is 11.6 Å². The number of hydrogen-bond acceptors (Lipinski definition) is 4. The van der Waals surface area contributed by atoms with Gasteiger partial charge < -0.3 is 21.6 Å². The topological polar surface area (TPSA) is 99.2 Å². The van der Waals surface area contributed by atoms with Crippen LogP contribution in [0.5, 0.6) is 0 Å². The van der Waals surface area contributed by atoms with Gasteiger partial charge in [0.05, 0.1) is 12.6 Å². The molecule has 0 saturated heterocycles. The van der Waals surface area contributed by atoms with E-state index in [0.29, 0.717) is 11.3 Å². The van der Waals surface area contributed by atoms with Crippen molar-refractivity contribution in [2.24, 2.45) is 0 Å². The molecule has 1 amide bonds. The average Bonchev–Trinajstić information content (AvgIpc) is 2.74. The molecule has 1 unspecified atom stereocenters. The number of benzene rings is 3. The number of aliphatic hydroxyl groups is 1. The number of halogens is 2. The van der Waals surface area contributed by atoms with Gasteiger partial charge in [0.15, 0.2) is 0 Å². The third kappa shape index (κ3) is 4.47. The molecule has 0 bridgehead atoms. The van der Waals surface area contributed by atoms with Crippen LogP contribution in [-0.4, -0.2) is 23.8 Å². The first-order chi connectivity index (χ1) is 13.9. The molecule has 0 aliphatic heterocycles. The number of aliphatic hydroxyl groups excluding tert-OH is 1. The quantitative estimate of drug-likeness (QED) is 0.378. The molecule has 5 nitrogen and oxygen atoms in total. The van der Waals surface area contributed by atoms with E-state index in [9.17, 15) is 18.7 Å². The van der Waals surface area contributed by atoms with Gasteiger partial charge in [-0.2, -0.15) is 0 Å². The summed E-state index contributed by atoms with van der Waals surface area (Å²) in [6.45, 7) is -0.591. The lowest BCUT2D eigenvalue weighted by Crippen LogP contribution is -2.31. The molecule has 29 heavy (non-hydrogen) atoms. The number of nitrogens with one attached hydrogen (secondary N) is 2. The second-order valence-electron chi connectivity index (χ2n) is 6.44. The van der Waals surface area contributed by atoms with Crippen LogP contribution in [0.4, 0.5) is 14.5 Å². The first kappa shape index (κ1) is 20.2. The number of hydrogen-bond donors (Lipinski definition) is 4. The molecule has 3 aromatic rings. The van der Waals surface area contributed by atoms with Gasteiger partial charge in [-0.1, -0.05) is 18.2 Å². The normalized spacial score (nSPS) is 11.7. The van der Waals surface area contributed by atoms with E-state index >= 15 is 0 Å². The number of nitrogens with two attached hydrogens (primary N) is 1. The van der Waals surface area contributed by atoms with Crippen molar-refractivity contribution in [3.8, 4) is 11.1 Å². The van der Waals surface area contributed by atoms with Crippen LogP contribution in [-0.2, 0) is 0 Å². The molecule has 0 fully saturated rings. The summed E-state index contributed by atoms with van der Waals surface area (Å²) in [6.07, 6.45) is 1.15. The van der Waals surface area contributed by atoms with Gasteiger partial charge >= 0.3 is 0 Å². The van der Waals surface area contributed by atoms with E-state index in [2.05, 4.69) is 5.32 Å². The summed E-state index contributed by atoms with van der Waals surface area (Å²) in [6, 6.07) is 13.6. The molecule has 5 N–H and O–H groups in total. The predicted molar refractivity (Wildman–Crippen MR) is 108 cm³/mol. The fraction of sp³-hybridized carbons (Fsp3) is 0.0909. The molecule has 3 rings (SSSR count). The van der Waals surface area contributed by atoms with E-state index in [1.165, 1.54) is 0 Å². The number of rotatable bonds is 6. The Bertz CT molecular complexity index is 1070. The van der Waals surface area contributed by atoms with Crippen molar-refractivity contribution in [3.05, 3.63) is 89.0 Å². The first-order valence-corrected chi connectivity index (χ1v) is 8.80. The largest absolute Gasteiger partial charge is 0.398 e. The van der Waals surface area contributed by atoms with Crippen LogP contribution in [0.25, 0.3) is 11.1 Å². The Labute approximate surface area is 166 Å². The Kier molecular flexibility index (Phi) is 5.99. The molecule has 0 spiro atoms. The van der Waals surface area contributed by atoms with Crippen LogP contribution in [0.3, 0.4) is 0 Å². The van der Waals surface area contributed by atoms with E-state index in [0.717, 1.165) is 35.5 Å². The van der Waals surface area contributed by atoms with Crippen molar-refractivity contribution >= 4 is 17.8 Å². The third-order valence-corrected chi connectivity index (χ3v) is 4.52. The zero-order chi connectivity index (χ0) is 21.0. The van der Waals surface area contributed by atoms with Gasteiger partial charge in [-0.05, 0) is 53.6 Å². The van der Waals surface area contributed by atoms with Crippen LogP contribution in [0.2, 0.25) is 0 Å². The molecule has 0 aliphatic carbocycles. The highest BCUT2D eigenvalue weighted by atomic mass is 19.1. The van der Waals surface area contributed by atoms with Gasteiger partial charge in [0.2, 0.25) is 0 Å². The summed E-state index contributed by atoms with van der Waals surface area (Å²) in [4.78, 5) is 12.6. The lowest BCUT2D eigenvalue weighted by atomic mass is 10.00. The molecule has 0 aromatic heterocycles. The predicted octanol–water partition coefficient (Wildman–Crippen LogP) is 3.68. The van der Waals surface area contributed by atoms with Crippen molar-refractivity contribution in [2.45, 2.75) is 6.04 Å². The summed E-state index contributed by atoms with van der Waals surface area (Å²) >= 11 is 0. The average molecular weight is 395 g/mol. The molecular formula is C22H19F2N3O2. The Morgan fingerprint density at radius 2 is 1.86 bits per heavy atom. The zero-order valence-electron chi connectivity index (χ0n) is 15.3. The van der Waals surface area contributed by atoms with Crippen LogP contribution in [0.15, 0.2) is 60.7 Å². The number of carbonyl (C=O) groups excluding carboxylic acids is 1. The monoisotopic (exact) mass is 395 g/mol. The second-order valence-corrected chi connectivity index (χ2v) is 6.44. The van der Waals surface area contributed by atoms with Gasteiger partial charge in [0, 0.05) is 28.6 Å². The van der Waals surface area contributed by atoms with Crippen molar-refractivity contribution in [2.75, 3.05) is 12.3 Å². The summed E-state index contributed by atoms with van der Waals surface area (Å²) < 4.78 is 27.4. The maximum Gasteiger partial charge on any atom is 0.251 e. The second kappa shape index (κ2) is 8.62. The van der Waals surface area contributed by atoms with Gasteiger partial charge in [-0.15, -0.1) is 0 Å². The smallest absolute Gasteiger partial charge is 0.251 e. The Hall–Kier alpha value is -3.58. The zero-order valence-corrected chi connectivity index (χ0v) is 15.3. The van der Waals surface area contributed by atoms with E-state index in [1.807, 2.05) is 0 Å². The van der Waals surface area contributed by atoms with Crippen LogP contribution < -0.4 is 11.1 Å². The first-order valence-electron chi connectivity index (χ1n) is 8.80. The van der Waals surface area contributed by atoms with Gasteiger partial charge in [0.25, 0.3) is 5.91 Å². The minimum Gasteiger partial charge on any atom is -0.398 e. The maximum absolute atomic E-state index is 14.0. The minimum atomic E-state index is -1.09. The fourth-order valence-corrected chi connectivity index (χ4v) is 2.96. The number of anilines is 1. The highest BCUT2D eigenvalue weighted by Gasteiger charge is 2.19. The van der Waals surface area contributed by atoms with E-state index < -0.39 is 30.2 Å². The van der Waals surface area contributed by atoms with Gasteiger partial charge in [-0.25, -0.2) is 8.78 Å². The number of amides is 1. The molecule has 0 heterocycles. The van der Waals surface area contributed by atoms with Crippen molar-refractivity contribution in [3.63, 3.8) is 0 Å². The standard InChI is InChI=1S/C22H19F2N3O2/c23-17-5-6-19(24)18(10-17)21(12-28)27-22(29)15-3-1-2-13(8-15)14-4-7-20(26)16(9-14)11-25/h1-11,21,25,28H,12,26H2,(H,27,29). The number of nitrogen functional groups attached to an aromatic ring is 1. The lowest BCUT2D eigenvalue weighted by molar-refractivity contribution is 0.0915. The van der Waals surface area contributed by atoms with Gasteiger partial charge in [-0.3, -0.25) is 4.79 Å². The molecule has 0 saturated carbocycles. The van der Waals surface area contributed by atoms with Crippen molar-refractivity contribution in [1.29, 1.82) is 5.41 Å². The molecule has 1 atom stereocenters. The highest BCUT2D eigenvalue weighted by Crippen LogP contribution is 2.25. The SMILES string of the molecule is N=Cc1cc(-c2cccc(C(=O)NC(CO)c3cc(F)ccc3F)c2)ccc1N. The maximum atomic E-state index is 14.0. The van der Waals surface area contributed by atoms with Crippen molar-refractivity contribution < 1.29 is 18.7 Å². The Morgan fingerprint density at radius 1 is 1.10 bits per heavy atom. The lowest BCUT2D eigenvalue weighted by Gasteiger charge is -2.18. The summed E-state index contributed by atoms with van der Waals surface area (Å²) in [5, 5.41) is 19.5. The van der Waals surface area contributed by atoms with E-state index in [-0.39, 0.29) is 11.1 Å². The van der Waals surface area contributed by atoms with Crippen LogP contribution in [0.1, 0.15) is 27.5 Å². The summed E-state index contributed by atoms with van der Waals surface area (Å²) in [5.41, 5.74) is 8.47. The molecule has 3 aromatic carbocycles. The molecule has 0 aliphatic rings. The highest BCUT2D eigenvalue weighted by molar-refractivity contribution is 5.96. The minimum absolute atomic E-state index is 0.133. The molecule has 148 valence electrons. The third-order valence-electron chi connectivity index (χ3n) is 4.52. The fourth-order valence-electron chi connectivity index (χ4n) is 2.96. The van der Waals surface area contributed by atoms with E-state index in [4.69, 9.17) is 11.1 Å². The molecule has 7 heteroatoms.